The van der Waals surface area contributed by atoms with Gasteiger partial charge in [-0.1, -0.05) is 40.9 Å². The molecule has 0 unspecified atom stereocenters. The zero-order valence-corrected chi connectivity index (χ0v) is 8.33. The van der Waals surface area contributed by atoms with E-state index in [0.29, 0.717) is 0 Å². The van der Waals surface area contributed by atoms with Crippen LogP contribution in [0.3, 0.4) is 0 Å². The summed E-state index contributed by atoms with van der Waals surface area (Å²) in [7, 11) is 0. The van der Waals surface area contributed by atoms with Gasteiger partial charge in [0.15, 0.2) is 0 Å². The van der Waals surface area contributed by atoms with Crippen LogP contribution < -0.4 is 0 Å². The standard InChI is InChI=1S/C6H8Cl3NO2/c7-6(8,9)5(10)12-4-2-1-3-11/h1-2,10-11H,3-4H2/b2-1-,10-5?. The van der Waals surface area contributed by atoms with Crippen molar-refractivity contribution in [2.75, 3.05) is 13.2 Å². The van der Waals surface area contributed by atoms with E-state index in [0.717, 1.165) is 0 Å². The van der Waals surface area contributed by atoms with E-state index in [2.05, 4.69) is 0 Å². The smallest absolute Gasteiger partial charge is 0.265 e. The number of alkyl halides is 3. The minimum absolute atomic E-state index is 0.0789. The molecule has 0 saturated heterocycles. The molecule has 0 aromatic rings. The van der Waals surface area contributed by atoms with Crippen molar-refractivity contribution >= 4 is 40.7 Å². The van der Waals surface area contributed by atoms with Gasteiger partial charge in [-0.25, -0.2) is 0 Å². The lowest BCUT2D eigenvalue weighted by Gasteiger charge is -2.11. The predicted octanol–water partition coefficient (Wildman–Crippen LogP) is 1.90. The van der Waals surface area contributed by atoms with Crippen molar-refractivity contribution in [3.05, 3.63) is 12.2 Å². The third-order valence-electron chi connectivity index (χ3n) is 0.853. The molecular weight excluding hydrogens is 224 g/mol. The van der Waals surface area contributed by atoms with Crippen LogP contribution in [0.1, 0.15) is 0 Å². The van der Waals surface area contributed by atoms with Crippen molar-refractivity contribution in [2.24, 2.45) is 0 Å². The van der Waals surface area contributed by atoms with Crippen LogP contribution in [0.5, 0.6) is 0 Å². The zero-order chi connectivity index (χ0) is 9.61. The Hall–Kier alpha value is 0.0400. The molecule has 0 spiro atoms. The second-order valence-corrected chi connectivity index (χ2v) is 4.07. The molecule has 0 aliphatic heterocycles. The van der Waals surface area contributed by atoms with Crippen LogP contribution in [0.2, 0.25) is 0 Å². The van der Waals surface area contributed by atoms with E-state index in [9.17, 15) is 0 Å². The second kappa shape index (κ2) is 5.65. The molecule has 0 atom stereocenters. The van der Waals surface area contributed by atoms with E-state index >= 15 is 0 Å². The summed E-state index contributed by atoms with van der Waals surface area (Å²) < 4.78 is 2.89. The zero-order valence-electron chi connectivity index (χ0n) is 6.06. The van der Waals surface area contributed by atoms with Crippen molar-refractivity contribution in [1.29, 1.82) is 5.41 Å². The second-order valence-electron chi connectivity index (χ2n) is 1.79. The molecule has 0 rings (SSSR count). The van der Waals surface area contributed by atoms with Crippen molar-refractivity contribution in [3.8, 4) is 0 Å². The molecule has 3 nitrogen and oxygen atoms in total. The lowest BCUT2D eigenvalue weighted by molar-refractivity contribution is 0.328. The first-order valence-corrected chi connectivity index (χ1v) is 4.16. The van der Waals surface area contributed by atoms with Gasteiger partial charge in [-0.15, -0.1) is 0 Å². The Morgan fingerprint density at radius 3 is 2.42 bits per heavy atom. The molecule has 0 radical (unpaired) electrons. The maximum atomic E-state index is 8.32. The van der Waals surface area contributed by atoms with Gasteiger partial charge in [0.2, 0.25) is 5.90 Å². The van der Waals surface area contributed by atoms with E-state index in [-0.39, 0.29) is 13.2 Å². The lowest BCUT2D eigenvalue weighted by atomic mass is 10.5. The summed E-state index contributed by atoms with van der Waals surface area (Å²) in [5.41, 5.74) is 0. The third-order valence-corrected chi connectivity index (χ3v) is 1.37. The molecule has 12 heavy (non-hydrogen) atoms. The Kier molecular flexibility index (Phi) is 5.66. The van der Waals surface area contributed by atoms with Gasteiger partial charge in [0.05, 0.1) is 6.61 Å². The number of nitrogens with one attached hydrogen (secondary N) is 1. The van der Waals surface area contributed by atoms with Crippen molar-refractivity contribution < 1.29 is 9.84 Å². The summed E-state index contributed by atoms with van der Waals surface area (Å²) in [6.45, 7) is 0.0256. The highest BCUT2D eigenvalue weighted by molar-refractivity contribution is 6.76. The van der Waals surface area contributed by atoms with E-state index in [1.165, 1.54) is 12.2 Å². The molecule has 0 heterocycles. The average molecular weight is 232 g/mol. The predicted molar refractivity (Wildman–Crippen MR) is 50.2 cm³/mol. The Balaban J connectivity index is 3.66. The fourth-order valence-corrected chi connectivity index (χ4v) is 0.520. The number of aliphatic hydroxyl groups excluding tert-OH is 1. The van der Waals surface area contributed by atoms with Crippen LogP contribution in [-0.4, -0.2) is 28.0 Å². The van der Waals surface area contributed by atoms with Crippen LogP contribution in [0.25, 0.3) is 0 Å². The van der Waals surface area contributed by atoms with Gasteiger partial charge in [-0.3, -0.25) is 5.41 Å². The summed E-state index contributed by atoms with van der Waals surface area (Å²) in [6, 6.07) is 0. The molecule has 0 amide bonds. The maximum Gasteiger partial charge on any atom is 0.265 e. The monoisotopic (exact) mass is 231 g/mol. The van der Waals surface area contributed by atoms with Gasteiger partial charge in [-0.05, 0) is 6.08 Å². The fourth-order valence-electron chi connectivity index (χ4n) is 0.356. The van der Waals surface area contributed by atoms with Crippen LogP contribution in [0.15, 0.2) is 12.2 Å². The van der Waals surface area contributed by atoms with E-state index in [1.54, 1.807) is 0 Å². The summed E-state index contributed by atoms with van der Waals surface area (Å²) in [5, 5.41) is 15.4. The molecule has 0 aromatic heterocycles. The van der Waals surface area contributed by atoms with Crippen LogP contribution in [-0.2, 0) is 4.74 Å². The summed E-state index contributed by atoms with van der Waals surface area (Å²) in [5.74, 6) is -0.435. The van der Waals surface area contributed by atoms with Gasteiger partial charge in [0.25, 0.3) is 3.79 Å². The molecule has 2 N–H and O–H groups in total. The number of halogens is 3. The van der Waals surface area contributed by atoms with E-state index < -0.39 is 9.69 Å². The minimum atomic E-state index is -1.81. The van der Waals surface area contributed by atoms with Crippen LogP contribution >= 0.6 is 34.8 Å². The first kappa shape index (κ1) is 12.0. The number of hydrogen-bond acceptors (Lipinski definition) is 3. The van der Waals surface area contributed by atoms with E-state index in [1.807, 2.05) is 0 Å². The highest BCUT2D eigenvalue weighted by Gasteiger charge is 2.28. The number of aliphatic hydroxyl groups is 1. The quantitative estimate of drug-likeness (QED) is 0.338. The maximum absolute atomic E-state index is 8.32. The molecule has 0 saturated carbocycles. The number of ether oxygens (including phenoxy) is 1. The molecule has 6 heteroatoms. The normalized spacial score (nSPS) is 12.0. The molecule has 70 valence electrons. The van der Waals surface area contributed by atoms with Crippen molar-refractivity contribution in [2.45, 2.75) is 3.79 Å². The van der Waals surface area contributed by atoms with Crippen molar-refractivity contribution in [3.63, 3.8) is 0 Å². The van der Waals surface area contributed by atoms with Gasteiger partial charge >= 0.3 is 0 Å². The summed E-state index contributed by atoms with van der Waals surface area (Å²) in [4.78, 5) is 0. The van der Waals surface area contributed by atoms with Gasteiger partial charge < -0.3 is 9.84 Å². The summed E-state index contributed by atoms with van der Waals surface area (Å²) >= 11 is 15.9. The van der Waals surface area contributed by atoms with Crippen LogP contribution in [0.4, 0.5) is 0 Å². The van der Waals surface area contributed by atoms with Gasteiger partial charge in [-0.2, -0.15) is 0 Å². The largest absolute Gasteiger partial charge is 0.474 e. The summed E-state index contributed by atoms with van der Waals surface area (Å²) in [6.07, 6.45) is 2.98. The average Bonchev–Trinajstić information content (AvgIpc) is 1.96. The highest BCUT2D eigenvalue weighted by atomic mass is 35.6. The number of hydrogen-bond donors (Lipinski definition) is 2. The Morgan fingerprint density at radius 1 is 1.42 bits per heavy atom. The minimum Gasteiger partial charge on any atom is -0.474 e. The number of rotatable bonds is 3. The van der Waals surface area contributed by atoms with Gasteiger partial charge in [0, 0.05) is 0 Å². The Morgan fingerprint density at radius 2 is 2.00 bits per heavy atom. The molecule has 0 bridgehead atoms. The third kappa shape index (κ3) is 5.66. The molecular formula is C6H8Cl3NO2. The first-order chi connectivity index (χ1) is 5.48. The van der Waals surface area contributed by atoms with Crippen LogP contribution in [0, 0.1) is 5.41 Å². The first-order valence-electron chi connectivity index (χ1n) is 3.03. The van der Waals surface area contributed by atoms with Gasteiger partial charge in [0.1, 0.15) is 6.61 Å². The molecule has 0 aliphatic carbocycles. The molecule has 0 fully saturated rings. The van der Waals surface area contributed by atoms with E-state index in [4.69, 9.17) is 50.1 Å². The SMILES string of the molecule is N=C(OC/C=C\CO)C(Cl)(Cl)Cl. The molecule has 0 aliphatic rings. The molecule has 0 aromatic carbocycles. The topological polar surface area (TPSA) is 53.3 Å². The fraction of sp³-hybridized carbons (Fsp3) is 0.500. The van der Waals surface area contributed by atoms with Crippen molar-refractivity contribution in [1.82, 2.24) is 0 Å². The Labute approximate surface area is 85.4 Å². The Bertz CT molecular complexity index is 176. The highest BCUT2D eigenvalue weighted by Crippen LogP contribution is 2.27. The lowest BCUT2D eigenvalue weighted by Crippen LogP contribution is -2.21.